The molecule has 1 aliphatic rings. The Balaban J connectivity index is 1.49. The molecule has 1 atom stereocenters. The van der Waals surface area contributed by atoms with Crippen molar-refractivity contribution in [1.82, 2.24) is 35.4 Å². The largest absolute Gasteiger partial charge is 0.344 e. The third-order valence-corrected chi connectivity index (χ3v) is 5.01. The number of carbonyl (C=O) groups excluding carboxylic acids is 1. The van der Waals surface area contributed by atoms with Crippen LogP contribution in [0.5, 0.6) is 0 Å². The normalized spacial score (nSPS) is 15.3. The summed E-state index contributed by atoms with van der Waals surface area (Å²) in [5.74, 6) is 0.115. The minimum Gasteiger partial charge on any atom is -0.344 e. The van der Waals surface area contributed by atoms with Gasteiger partial charge in [-0.1, -0.05) is 12.1 Å². The van der Waals surface area contributed by atoms with Crippen molar-refractivity contribution in [2.24, 2.45) is 0 Å². The molecule has 150 valence electrons. The minimum absolute atomic E-state index is 0.0128. The highest BCUT2D eigenvalue weighted by Gasteiger charge is 2.20. The Morgan fingerprint density at radius 1 is 1.07 bits per heavy atom. The average Bonchev–Trinajstić information content (AvgIpc) is 3.40. The summed E-state index contributed by atoms with van der Waals surface area (Å²) in [6.45, 7) is 2.69. The van der Waals surface area contributed by atoms with E-state index in [0.29, 0.717) is 12.4 Å². The van der Waals surface area contributed by atoms with Crippen LogP contribution in [0.4, 0.5) is 4.39 Å². The van der Waals surface area contributed by atoms with Crippen LogP contribution in [0.15, 0.2) is 48.8 Å². The third kappa shape index (κ3) is 4.80. The Bertz CT molecular complexity index is 939. The second-order valence-electron chi connectivity index (χ2n) is 7.07. The topological polar surface area (TPSA) is 88.8 Å². The molecule has 8 nitrogen and oxygen atoms in total. The third-order valence-electron chi connectivity index (χ3n) is 5.01. The Morgan fingerprint density at radius 2 is 1.76 bits per heavy atom. The summed E-state index contributed by atoms with van der Waals surface area (Å²) in [5, 5.41) is 14.8. The number of tetrazole rings is 1. The second kappa shape index (κ2) is 8.87. The Kier molecular flexibility index (Phi) is 5.85. The van der Waals surface area contributed by atoms with Crippen LogP contribution in [0.25, 0.3) is 0 Å². The van der Waals surface area contributed by atoms with E-state index in [0.717, 1.165) is 24.2 Å². The van der Waals surface area contributed by atoms with E-state index < -0.39 is 6.04 Å². The van der Waals surface area contributed by atoms with Gasteiger partial charge in [-0.05, 0) is 71.8 Å². The van der Waals surface area contributed by atoms with Gasteiger partial charge in [-0.15, -0.1) is 5.10 Å². The van der Waals surface area contributed by atoms with Crippen LogP contribution in [-0.2, 0) is 17.9 Å². The van der Waals surface area contributed by atoms with Gasteiger partial charge in [-0.3, -0.25) is 14.7 Å². The highest BCUT2D eigenvalue weighted by Crippen LogP contribution is 2.22. The molecule has 0 radical (unpaired) electrons. The molecule has 3 heterocycles. The van der Waals surface area contributed by atoms with Gasteiger partial charge in [-0.2, -0.15) is 0 Å². The van der Waals surface area contributed by atoms with Crippen LogP contribution in [-0.4, -0.2) is 49.1 Å². The summed E-state index contributed by atoms with van der Waals surface area (Å²) in [5.41, 5.74) is 1.63. The standard InChI is InChI=1S/C20H22FN7O/c21-17-5-3-15(4-6-17)20(16-7-9-22-10-8-16)23-19(29)14-28-18(24-25-26-28)13-27-11-1-2-12-27/h3-10,20H,1-2,11-14H2,(H,23,29). The van der Waals surface area contributed by atoms with Crippen molar-refractivity contribution in [3.05, 3.63) is 71.6 Å². The number of rotatable bonds is 7. The van der Waals surface area contributed by atoms with Crippen LogP contribution in [0.1, 0.15) is 35.8 Å². The number of hydrogen-bond acceptors (Lipinski definition) is 6. The van der Waals surface area contributed by atoms with Gasteiger partial charge in [-0.25, -0.2) is 9.07 Å². The first-order valence-electron chi connectivity index (χ1n) is 9.61. The van der Waals surface area contributed by atoms with Crippen molar-refractivity contribution in [1.29, 1.82) is 0 Å². The lowest BCUT2D eigenvalue weighted by Gasteiger charge is -2.20. The molecule has 1 amide bonds. The molecule has 9 heteroatoms. The fourth-order valence-electron chi connectivity index (χ4n) is 3.51. The molecule has 1 fully saturated rings. The molecule has 1 N–H and O–H groups in total. The summed E-state index contributed by atoms with van der Waals surface area (Å²) in [7, 11) is 0. The molecule has 4 rings (SSSR count). The molecular weight excluding hydrogens is 373 g/mol. The number of nitrogens with one attached hydrogen (secondary N) is 1. The van der Waals surface area contributed by atoms with E-state index in [9.17, 15) is 9.18 Å². The number of nitrogens with zero attached hydrogens (tertiary/aromatic N) is 6. The highest BCUT2D eigenvalue weighted by atomic mass is 19.1. The number of amides is 1. The first kappa shape index (κ1) is 19.1. The van der Waals surface area contributed by atoms with Crippen molar-refractivity contribution in [3.63, 3.8) is 0 Å². The van der Waals surface area contributed by atoms with Crippen LogP contribution in [0, 0.1) is 5.82 Å². The maximum Gasteiger partial charge on any atom is 0.242 e. The summed E-state index contributed by atoms with van der Waals surface area (Å²) < 4.78 is 14.9. The van der Waals surface area contributed by atoms with Gasteiger partial charge >= 0.3 is 0 Å². The molecular formula is C20H22FN7O. The molecule has 2 aromatic heterocycles. The maximum absolute atomic E-state index is 13.4. The second-order valence-corrected chi connectivity index (χ2v) is 7.07. The Morgan fingerprint density at radius 3 is 2.48 bits per heavy atom. The minimum atomic E-state index is -0.426. The monoisotopic (exact) mass is 395 g/mol. The van der Waals surface area contributed by atoms with E-state index in [1.165, 1.54) is 29.7 Å². The number of pyridine rings is 1. The van der Waals surface area contributed by atoms with Gasteiger partial charge < -0.3 is 5.32 Å². The summed E-state index contributed by atoms with van der Waals surface area (Å²) in [6.07, 6.45) is 5.67. The number of hydrogen-bond donors (Lipinski definition) is 1. The van der Waals surface area contributed by atoms with E-state index in [2.05, 4.69) is 30.7 Å². The van der Waals surface area contributed by atoms with E-state index in [1.807, 2.05) is 12.1 Å². The zero-order valence-corrected chi connectivity index (χ0v) is 15.9. The van der Waals surface area contributed by atoms with E-state index in [-0.39, 0.29) is 18.3 Å². The summed E-state index contributed by atoms with van der Waals surface area (Å²) in [6, 6.07) is 9.31. The van der Waals surface area contributed by atoms with E-state index in [1.54, 1.807) is 24.5 Å². The van der Waals surface area contributed by atoms with E-state index >= 15 is 0 Å². The van der Waals surface area contributed by atoms with Gasteiger partial charge in [0.05, 0.1) is 12.6 Å². The SMILES string of the molecule is O=C(Cn1nnnc1CN1CCCC1)NC(c1ccncc1)c1ccc(F)cc1. The summed E-state index contributed by atoms with van der Waals surface area (Å²) in [4.78, 5) is 19.1. The van der Waals surface area contributed by atoms with Gasteiger partial charge in [0, 0.05) is 12.4 Å². The van der Waals surface area contributed by atoms with Crippen LogP contribution in [0.3, 0.4) is 0 Å². The molecule has 0 saturated carbocycles. The maximum atomic E-state index is 13.4. The fraction of sp³-hybridized carbons (Fsp3) is 0.350. The molecule has 29 heavy (non-hydrogen) atoms. The van der Waals surface area contributed by atoms with Crippen LogP contribution in [0.2, 0.25) is 0 Å². The van der Waals surface area contributed by atoms with Gasteiger partial charge in [0.25, 0.3) is 0 Å². The zero-order valence-electron chi connectivity index (χ0n) is 15.9. The molecule has 1 saturated heterocycles. The quantitative estimate of drug-likeness (QED) is 0.655. The zero-order chi connectivity index (χ0) is 20.1. The smallest absolute Gasteiger partial charge is 0.242 e. The van der Waals surface area contributed by atoms with Crippen molar-refractivity contribution < 1.29 is 9.18 Å². The number of benzene rings is 1. The lowest BCUT2D eigenvalue weighted by atomic mass is 9.99. The van der Waals surface area contributed by atoms with Gasteiger partial charge in [0.15, 0.2) is 5.82 Å². The predicted molar refractivity (Wildman–Crippen MR) is 103 cm³/mol. The van der Waals surface area contributed by atoms with Gasteiger partial charge in [0.2, 0.25) is 5.91 Å². The number of halogens is 1. The molecule has 3 aromatic rings. The molecule has 1 aromatic carbocycles. The molecule has 1 aliphatic heterocycles. The van der Waals surface area contributed by atoms with Crippen molar-refractivity contribution in [3.8, 4) is 0 Å². The molecule has 0 spiro atoms. The Labute approximate surface area is 167 Å². The van der Waals surface area contributed by atoms with Crippen LogP contribution < -0.4 is 5.32 Å². The van der Waals surface area contributed by atoms with Gasteiger partial charge in [0.1, 0.15) is 12.4 Å². The highest BCUT2D eigenvalue weighted by molar-refractivity contribution is 5.76. The fourth-order valence-corrected chi connectivity index (χ4v) is 3.51. The van der Waals surface area contributed by atoms with Crippen molar-refractivity contribution in [2.75, 3.05) is 13.1 Å². The summed E-state index contributed by atoms with van der Waals surface area (Å²) >= 11 is 0. The van der Waals surface area contributed by atoms with Crippen molar-refractivity contribution >= 4 is 5.91 Å². The first-order valence-corrected chi connectivity index (χ1v) is 9.61. The average molecular weight is 395 g/mol. The van der Waals surface area contributed by atoms with E-state index in [4.69, 9.17) is 0 Å². The number of aromatic nitrogens is 5. The first-order chi connectivity index (χ1) is 14.2. The molecule has 0 aliphatic carbocycles. The van der Waals surface area contributed by atoms with Crippen LogP contribution >= 0.6 is 0 Å². The lowest BCUT2D eigenvalue weighted by molar-refractivity contribution is -0.122. The van der Waals surface area contributed by atoms with Crippen molar-refractivity contribution in [2.45, 2.75) is 32.0 Å². The lowest BCUT2D eigenvalue weighted by Crippen LogP contribution is -2.33. The molecule has 0 bridgehead atoms. The molecule has 1 unspecified atom stereocenters. The predicted octanol–water partition coefficient (Wildman–Crippen LogP) is 1.71. The Hall–Kier alpha value is -3.20. The number of carbonyl (C=O) groups is 1. The number of likely N-dealkylation sites (tertiary alicyclic amines) is 1.